The number of piperidine rings is 1. The zero-order valence-electron chi connectivity index (χ0n) is 11.2. The van der Waals surface area contributed by atoms with Gasteiger partial charge in [0.2, 0.25) is 0 Å². The second-order valence-electron chi connectivity index (χ2n) is 5.06. The lowest BCUT2D eigenvalue weighted by Crippen LogP contribution is -2.53. The van der Waals surface area contributed by atoms with Crippen molar-refractivity contribution in [3.05, 3.63) is 0 Å². The zero-order chi connectivity index (χ0) is 13.8. The minimum Gasteiger partial charge on any atom is -0.480 e. The summed E-state index contributed by atoms with van der Waals surface area (Å²) in [6.45, 7) is 1.98. The van der Waals surface area contributed by atoms with E-state index in [1.165, 1.54) is 18.4 Å². The molecular weight excluding hydrogens is 250 g/mol. The maximum absolute atomic E-state index is 12.1. The molecule has 0 bridgehead atoms. The van der Waals surface area contributed by atoms with Crippen LogP contribution in [0.25, 0.3) is 0 Å². The molecule has 2 saturated heterocycles. The molecule has 0 aromatic carbocycles. The number of carbonyl (C=O) groups excluding carboxylic acids is 1. The van der Waals surface area contributed by atoms with Gasteiger partial charge in [-0.15, -0.1) is 0 Å². The number of nitrogens with one attached hydrogen (secondary N) is 1. The summed E-state index contributed by atoms with van der Waals surface area (Å²) in [5.41, 5.74) is 2.79. The van der Waals surface area contributed by atoms with E-state index in [1.54, 1.807) is 0 Å². The molecule has 0 aliphatic carbocycles. The number of ether oxygens (including phenoxy) is 1. The monoisotopic (exact) mass is 271 g/mol. The van der Waals surface area contributed by atoms with Gasteiger partial charge in [0, 0.05) is 33.2 Å². The standard InChI is InChI=1S/C12H21N3O4/c1-19-9-7-10(11(16)17)15(8-9)12(18)13-14-5-3-2-4-6-14/h9-10H,2-8H2,1H3,(H,13,18)(H,16,17). The first-order valence-electron chi connectivity index (χ1n) is 6.69. The first kappa shape index (κ1) is 14.1. The van der Waals surface area contributed by atoms with Gasteiger partial charge in [-0.05, 0) is 12.8 Å². The molecule has 7 nitrogen and oxygen atoms in total. The van der Waals surface area contributed by atoms with Crippen molar-refractivity contribution in [3.8, 4) is 0 Å². The van der Waals surface area contributed by atoms with E-state index in [1.807, 2.05) is 5.01 Å². The maximum atomic E-state index is 12.1. The minimum atomic E-state index is -0.978. The fourth-order valence-corrected chi connectivity index (χ4v) is 2.63. The number of urea groups is 1. The van der Waals surface area contributed by atoms with Crippen LogP contribution in [0.15, 0.2) is 0 Å². The molecule has 2 aliphatic rings. The molecule has 2 fully saturated rings. The van der Waals surface area contributed by atoms with Gasteiger partial charge in [-0.2, -0.15) is 0 Å². The van der Waals surface area contributed by atoms with Crippen molar-refractivity contribution >= 4 is 12.0 Å². The molecule has 2 N–H and O–H groups in total. The molecule has 0 spiro atoms. The summed E-state index contributed by atoms with van der Waals surface area (Å²) in [6, 6.07) is -1.14. The summed E-state index contributed by atoms with van der Waals surface area (Å²) in [5, 5.41) is 11.0. The number of methoxy groups -OCH3 is 1. The molecule has 0 saturated carbocycles. The van der Waals surface area contributed by atoms with Gasteiger partial charge in [0.1, 0.15) is 6.04 Å². The lowest BCUT2D eigenvalue weighted by Gasteiger charge is -2.30. The Kier molecular flexibility index (Phi) is 4.60. The van der Waals surface area contributed by atoms with Gasteiger partial charge in [0.05, 0.1) is 6.10 Å². The van der Waals surface area contributed by atoms with E-state index in [-0.39, 0.29) is 12.1 Å². The Bertz CT molecular complexity index is 344. The predicted molar refractivity (Wildman–Crippen MR) is 67.5 cm³/mol. The molecule has 7 heteroatoms. The van der Waals surface area contributed by atoms with Gasteiger partial charge < -0.3 is 14.7 Å². The highest BCUT2D eigenvalue weighted by molar-refractivity contribution is 5.83. The molecule has 2 rings (SSSR count). The highest BCUT2D eigenvalue weighted by Crippen LogP contribution is 2.20. The van der Waals surface area contributed by atoms with Crippen LogP contribution in [0.5, 0.6) is 0 Å². The van der Waals surface area contributed by atoms with Crippen molar-refractivity contribution in [1.29, 1.82) is 0 Å². The Hall–Kier alpha value is -1.34. The maximum Gasteiger partial charge on any atom is 0.332 e. The molecule has 0 aromatic heterocycles. The summed E-state index contributed by atoms with van der Waals surface area (Å²) in [6.07, 6.45) is 3.44. The van der Waals surface area contributed by atoms with Crippen molar-refractivity contribution in [2.75, 3.05) is 26.7 Å². The van der Waals surface area contributed by atoms with Crippen LogP contribution in [0.3, 0.4) is 0 Å². The number of aliphatic carboxylic acids is 1. The first-order valence-corrected chi connectivity index (χ1v) is 6.69. The SMILES string of the molecule is COC1CC(C(=O)O)N(C(=O)NN2CCCCC2)C1. The molecule has 0 aromatic rings. The molecule has 2 unspecified atom stereocenters. The van der Waals surface area contributed by atoms with Crippen LogP contribution in [0.1, 0.15) is 25.7 Å². The summed E-state index contributed by atoms with van der Waals surface area (Å²) >= 11 is 0. The zero-order valence-corrected chi connectivity index (χ0v) is 11.2. The van der Waals surface area contributed by atoms with Gasteiger partial charge >= 0.3 is 12.0 Å². The van der Waals surface area contributed by atoms with E-state index in [0.717, 1.165) is 25.9 Å². The Morgan fingerprint density at radius 3 is 2.53 bits per heavy atom. The molecule has 0 radical (unpaired) electrons. The third kappa shape index (κ3) is 3.36. The number of hydrazine groups is 1. The molecule has 108 valence electrons. The van der Waals surface area contributed by atoms with Crippen molar-refractivity contribution in [2.45, 2.75) is 37.8 Å². The second-order valence-corrected chi connectivity index (χ2v) is 5.06. The van der Waals surface area contributed by atoms with Gasteiger partial charge in [0.25, 0.3) is 0 Å². The number of carboxylic acids is 1. The van der Waals surface area contributed by atoms with E-state index in [9.17, 15) is 9.59 Å². The number of amides is 2. The van der Waals surface area contributed by atoms with Gasteiger partial charge in [-0.3, -0.25) is 5.43 Å². The summed E-state index contributed by atoms with van der Waals surface area (Å²) in [4.78, 5) is 24.7. The van der Waals surface area contributed by atoms with Crippen LogP contribution in [-0.2, 0) is 9.53 Å². The van der Waals surface area contributed by atoms with Gasteiger partial charge in [-0.1, -0.05) is 6.42 Å². The van der Waals surface area contributed by atoms with Crippen molar-refractivity contribution in [3.63, 3.8) is 0 Å². The van der Waals surface area contributed by atoms with E-state index in [4.69, 9.17) is 9.84 Å². The predicted octanol–water partition coefficient (Wildman–Crippen LogP) is 0.271. The third-order valence-corrected chi connectivity index (χ3v) is 3.75. The lowest BCUT2D eigenvalue weighted by atomic mass is 10.2. The van der Waals surface area contributed by atoms with Crippen molar-refractivity contribution in [1.82, 2.24) is 15.3 Å². The summed E-state index contributed by atoms with van der Waals surface area (Å²) in [5.74, 6) is -0.978. The largest absolute Gasteiger partial charge is 0.480 e. The Morgan fingerprint density at radius 2 is 1.95 bits per heavy atom. The average Bonchev–Trinajstić information content (AvgIpc) is 2.84. The van der Waals surface area contributed by atoms with Crippen LogP contribution in [0.4, 0.5) is 4.79 Å². The number of likely N-dealkylation sites (tertiary alicyclic amines) is 1. The number of nitrogens with zero attached hydrogens (tertiary/aromatic N) is 2. The second kappa shape index (κ2) is 6.21. The number of carboxylic acid groups (broad SMARTS) is 1. The molecule has 2 aliphatic heterocycles. The van der Waals surface area contributed by atoms with Gasteiger partial charge in [-0.25, -0.2) is 14.6 Å². The van der Waals surface area contributed by atoms with E-state index in [0.29, 0.717) is 13.0 Å². The van der Waals surface area contributed by atoms with Crippen LogP contribution in [0.2, 0.25) is 0 Å². The first-order chi connectivity index (χ1) is 9.11. The van der Waals surface area contributed by atoms with Crippen LogP contribution < -0.4 is 5.43 Å². The number of rotatable bonds is 3. The Balaban J connectivity index is 1.94. The summed E-state index contributed by atoms with van der Waals surface area (Å²) in [7, 11) is 1.54. The van der Waals surface area contributed by atoms with Crippen LogP contribution in [-0.4, -0.2) is 65.9 Å². The van der Waals surface area contributed by atoms with E-state index < -0.39 is 12.0 Å². The smallest absolute Gasteiger partial charge is 0.332 e. The Labute approximate surface area is 112 Å². The molecular formula is C12H21N3O4. The fraction of sp³-hybridized carbons (Fsp3) is 0.833. The number of hydrogen-bond acceptors (Lipinski definition) is 4. The molecule has 19 heavy (non-hydrogen) atoms. The molecule has 2 atom stereocenters. The summed E-state index contributed by atoms with van der Waals surface area (Å²) < 4.78 is 5.16. The van der Waals surface area contributed by atoms with E-state index >= 15 is 0 Å². The highest BCUT2D eigenvalue weighted by Gasteiger charge is 2.40. The average molecular weight is 271 g/mol. The van der Waals surface area contributed by atoms with Crippen LogP contribution >= 0.6 is 0 Å². The lowest BCUT2D eigenvalue weighted by molar-refractivity contribution is -0.141. The van der Waals surface area contributed by atoms with Crippen molar-refractivity contribution < 1.29 is 19.4 Å². The third-order valence-electron chi connectivity index (χ3n) is 3.75. The highest BCUT2D eigenvalue weighted by atomic mass is 16.5. The van der Waals surface area contributed by atoms with Crippen molar-refractivity contribution in [2.24, 2.45) is 0 Å². The number of carbonyl (C=O) groups is 2. The van der Waals surface area contributed by atoms with E-state index in [2.05, 4.69) is 5.43 Å². The topological polar surface area (TPSA) is 82.1 Å². The Morgan fingerprint density at radius 1 is 1.26 bits per heavy atom. The normalized spacial score (nSPS) is 28.4. The molecule has 2 amide bonds. The fourth-order valence-electron chi connectivity index (χ4n) is 2.63. The van der Waals surface area contributed by atoms with Gasteiger partial charge in [0.15, 0.2) is 0 Å². The number of hydrogen-bond donors (Lipinski definition) is 2. The molecule has 2 heterocycles. The quantitative estimate of drug-likeness (QED) is 0.770. The van der Waals surface area contributed by atoms with Crippen LogP contribution in [0, 0.1) is 0 Å². The minimum absolute atomic E-state index is 0.201.